The minimum atomic E-state index is -3.71. The molecule has 2 heterocycles. The van der Waals surface area contributed by atoms with Crippen LogP contribution >= 0.6 is 0 Å². The van der Waals surface area contributed by atoms with E-state index in [1.165, 1.54) is 9.80 Å². The first-order valence-electron chi connectivity index (χ1n) is 11.6. The van der Waals surface area contributed by atoms with Crippen molar-refractivity contribution in [2.24, 2.45) is 5.73 Å². The molecule has 0 aromatic heterocycles. The number of hydrogen-bond acceptors (Lipinski definition) is 6. The number of rotatable bonds is 8. The summed E-state index contributed by atoms with van der Waals surface area (Å²) in [6.45, 7) is 1.06. The van der Waals surface area contributed by atoms with Gasteiger partial charge in [-0.1, -0.05) is 30.3 Å². The zero-order valence-corrected chi connectivity index (χ0v) is 20.0. The lowest BCUT2D eigenvalue weighted by Crippen LogP contribution is -2.58. The van der Waals surface area contributed by atoms with Crippen LogP contribution in [0.15, 0.2) is 30.3 Å². The van der Waals surface area contributed by atoms with Crippen LogP contribution in [-0.4, -0.2) is 79.0 Å². The number of nitrogens with two attached hydrogens (primary N) is 1. The summed E-state index contributed by atoms with van der Waals surface area (Å²) in [5, 5.41) is 20.7. The van der Waals surface area contributed by atoms with Gasteiger partial charge in [-0.05, 0) is 37.7 Å². The van der Waals surface area contributed by atoms with E-state index in [1.807, 2.05) is 0 Å². The van der Waals surface area contributed by atoms with Gasteiger partial charge in [0.1, 0.15) is 12.3 Å². The number of aliphatic hydroxyl groups is 1. The van der Waals surface area contributed by atoms with Gasteiger partial charge in [0.15, 0.2) is 5.96 Å². The lowest BCUT2D eigenvalue weighted by atomic mass is 10.0. The van der Waals surface area contributed by atoms with Crippen LogP contribution in [0.1, 0.15) is 44.1 Å². The highest BCUT2D eigenvalue weighted by molar-refractivity contribution is 7.88. The molecule has 0 aliphatic carbocycles. The number of hydrogen-bond donors (Lipinski definition) is 5. The number of likely N-dealkylation sites (tertiary alicyclic amines) is 2. The quantitative estimate of drug-likeness (QED) is 0.243. The zero-order valence-electron chi connectivity index (χ0n) is 19.2. The molecule has 2 aliphatic heterocycles. The standard InChI is InChI=1S/C22H34N6O5S/c23-22(24)28-13-6-10-17(21(28)31)25-19(29)11-14-27-12-5-4-9-18(20(27)30)26-34(32,33)15-16-7-2-1-3-8-16/h1-3,7-8,17-18,21,26,31H,4-6,9-15H2,(H3,23,24)(H,25,29)/t17-,18-,21?/m0/s1. The van der Waals surface area contributed by atoms with E-state index in [0.717, 1.165) is 6.42 Å². The minimum Gasteiger partial charge on any atom is -0.371 e. The molecule has 1 aromatic rings. The van der Waals surface area contributed by atoms with Crippen molar-refractivity contribution in [3.63, 3.8) is 0 Å². The lowest BCUT2D eigenvalue weighted by molar-refractivity contribution is -0.133. The number of nitrogens with zero attached hydrogens (tertiary/aromatic N) is 2. The number of carbonyl (C=O) groups is 2. The molecule has 0 saturated carbocycles. The Morgan fingerprint density at radius 1 is 1.15 bits per heavy atom. The van der Waals surface area contributed by atoms with E-state index in [-0.39, 0.29) is 36.5 Å². The Balaban J connectivity index is 1.53. The van der Waals surface area contributed by atoms with Crippen molar-refractivity contribution < 1.29 is 23.1 Å². The van der Waals surface area contributed by atoms with E-state index in [1.54, 1.807) is 30.3 Å². The largest absolute Gasteiger partial charge is 0.371 e. The summed E-state index contributed by atoms with van der Waals surface area (Å²) in [7, 11) is -3.71. The van der Waals surface area contributed by atoms with Crippen LogP contribution in [0.4, 0.5) is 0 Å². The van der Waals surface area contributed by atoms with Gasteiger partial charge in [-0.25, -0.2) is 13.1 Å². The smallest absolute Gasteiger partial charge is 0.240 e. The molecule has 6 N–H and O–H groups in total. The van der Waals surface area contributed by atoms with Gasteiger partial charge in [-0.2, -0.15) is 0 Å². The highest BCUT2D eigenvalue weighted by atomic mass is 32.2. The van der Waals surface area contributed by atoms with Crippen molar-refractivity contribution in [3.8, 4) is 0 Å². The molecule has 2 aliphatic rings. The van der Waals surface area contributed by atoms with E-state index < -0.39 is 28.3 Å². The molecular formula is C22H34N6O5S. The molecule has 1 aromatic carbocycles. The molecule has 12 heteroatoms. The van der Waals surface area contributed by atoms with E-state index in [9.17, 15) is 23.1 Å². The van der Waals surface area contributed by atoms with Gasteiger partial charge in [0, 0.05) is 26.1 Å². The first-order valence-corrected chi connectivity index (χ1v) is 13.2. The number of amides is 2. The summed E-state index contributed by atoms with van der Waals surface area (Å²) < 4.78 is 27.8. The average Bonchev–Trinajstić information content (AvgIpc) is 2.95. The van der Waals surface area contributed by atoms with E-state index in [0.29, 0.717) is 44.3 Å². The second-order valence-corrected chi connectivity index (χ2v) is 10.5. The second-order valence-electron chi connectivity index (χ2n) is 8.79. The highest BCUT2D eigenvalue weighted by Crippen LogP contribution is 2.17. The van der Waals surface area contributed by atoms with E-state index >= 15 is 0 Å². The third-order valence-electron chi connectivity index (χ3n) is 6.16. The fourth-order valence-corrected chi connectivity index (χ4v) is 5.76. The zero-order chi connectivity index (χ0) is 24.7. The molecule has 1 unspecified atom stereocenters. The molecule has 2 amide bonds. The number of carbonyl (C=O) groups excluding carboxylic acids is 2. The van der Waals surface area contributed by atoms with Crippen molar-refractivity contribution in [3.05, 3.63) is 35.9 Å². The van der Waals surface area contributed by atoms with Crippen LogP contribution in [0, 0.1) is 5.41 Å². The van der Waals surface area contributed by atoms with Crippen molar-refractivity contribution >= 4 is 27.8 Å². The third kappa shape index (κ3) is 7.15. The summed E-state index contributed by atoms with van der Waals surface area (Å²) in [6, 6.07) is 7.36. The number of sulfonamides is 1. The minimum absolute atomic E-state index is 0.0263. The predicted molar refractivity (Wildman–Crippen MR) is 127 cm³/mol. The van der Waals surface area contributed by atoms with Crippen LogP contribution in [0.2, 0.25) is 0 Å². The molecular weight excluding hydrogens is 460 g/mol. The Kier molecular flexibility index (Phi) is 8.86. The van der Waals surface area contributed by atoms with E-state index in [4.69, 9.17) is 11.1 Å². The molecule has 3 rings (SSSR count). The molecule has 0 spiro atoms. The summed E-state index contributed by atoms with van der Waals surface area (Å²) in [5.41, 5.74) is 6.12. The maximum atomic E-state index is 13.0. The van der Waals surface area contributed by atoms with Gasteiger partial charge in [0.05, 0.1) is 11.8 Å². The Morgan fingerprint density at radius 2 is 1.88 bits per heavy atom. The van der Waals surface area contributed by atoms with Gasteiger partial charge < -0.3 is 26.0 Å². The molecule has 11 nitrogen and oxygen atoms in total. The number of benzene rings is 1. The Hall–Kier alpha value is -2.70. The Labute approximate surface area is 200 Å². The Morgan fingerprint density at radius 3 is 2.59 bits per heavy atom. The van der Waals surface area contributed by atoms with Crippen LogP contribution in [0.3, 0.4) is 0 Å². The summed E-state index contributed by atoms with van der Waals surface area (Å²) in [4.78, 5) is 28.4. The third-order valence-corrected chi connectivity index (χ3v) is 7.52. The molecule has 188 valence electrons. The van der Waals surface area contributed by atoms with Gasteiger partial charge in [0.25, 0.3) is 0 Å². The fraction of sp³-hybridized carbons (Fsp3) is 0.591. The Bertz CT molecular complexity index is 973. The van der Waals surface area contributed by atoms with Gasteiger partial charge in [-0.3, -0.25) is 15.0 Å². The number of guanidine groups is 1. The van der Waals surface area contributed by atoms with Gasteiger partial charge >= 0.3 is 0 Å². The molecule has 0 radical (unpaired) electrons. The first-order chi connectivity index (χ1) is 16.2. The maximum Gasteiger partial charge on any atom is 0.240 e. The lowest BCUT2D eigenvalue weighted by Gasteiger charge is -2.38. The van der Waals surface area contributed by atoms with Gasteiger partial charge in [0.2, 0.25) is 21.8 Å². The normalized spacial score (nSPS) is 23.9. The highest BCUT2D eigenvalue weighted by Gasteiger charge is 2.33. The predicted octanol–water partition coefficient (Wildman–Crippen LogP) is -0.330. The fourth-order valence-electron chi connectivity index (χ4n) is 4.39. The topological polar surface area (TPSA) is 169 Å². The number of piperidine rings is 1. The van der Waals surface area contributed by atoms with Crippen molar-refractivity contribution in [1.29, 1.82) is 5.41 Å². The number of nitrogens with one attached hydrogen (secondary N) is 3. The monoisotopic (exact) mass is 494 g/mol. The SMILES string of the molecule is N=C(N)N1CCC[C@H](NC(=O)CCN2CCCC[C@H](NS(=O)(=O)Cc3ccccc3)C2=O)C1O. The van der Waals surface area contributed by atoms with Gasteiger partial charge in [-0.15, -0.1) is 0 Å². The van der Waals surface area contributed by atoms with Crippen LogP contribution in [0.25, 0.3) is 0 Å². The van der Waals surface area contributed by atoms with Crippen LogP contribution < -0.4 is 15.8 Å². The maximum absolute atomic E-state index is 13.0. The summed E-state index contributed by atoms with van der Waals surface area (Å²) in [5.74, 6) is -1.11. The average molecular weight is 495 g/mol. The summed E-state index contributed by atoms with van der Waals surface area (Å²) in [6.07, 6.45) is 2.02. The molecule has 0 bridgehead atoms. The second kappa shape index (κ2) is 11.6. The number of aliphatic hydroxyl groups excluding tert-OH is 1. The van der Waals surface area contributed by atoms with Crippen molar-refractivity contribution in [1.82, 2.24) is 19.8 Å². The van der Waals surface area contributed by atoms with Crippen molar-refractivity contribution in [2.45, 2.75) is 62.6 Å². The molecule has 34 heavy (non-hydrogen) atoms. The molecule has 3 atom stereocenters. The van der Waals surface area contributed by atoms with Crippen LogP contribution in [0.5, 0.6) is 0 Å². The first kappa shape index (κ1) is 25.9. The summed E-state index contributed by atoms with van der Waals surface area (Å²) >= 11 is 0. The molecule has 2 fully saturated rings. The van der Waals surface area contributed by atoms with Crippen molar-refractivity contribution in [2.75, 3.05) is 19.6 Å². The van der Waals surface area contributed by atoms with Crippen LogP contribution in [-0.2, 0) is 25.4 Å². The van der Waals surface area contributed by atoms with E-state index in [2.05, 4.69) is 10.0 Å². The molecule has 2 saturated heterocycles.